The molecule has 11 heavy (non-hydrogen) atoms. The van der Waals surface area contributed by atoms with E-state index in [0.29, 0.717) is 16.1 Å². The number of hydrogen-bond acceptors (Lipinski definition) is 1. The van der Waals surface area contributed by atoms with Gasteiger partial charge in [0.1, 0.15) is 5.82 Å². The molecule has 3 heteroatoms. The van der Waals surface area contributed by atoms with Crippen LogP contribution in [0, 0.1) is 12.7 Å². The lowest BCUT2D eigenvalue weighted by molar-refractivity contribution is 0.281. The summed E-state index contributed by atoms with van der Waals surface area (Å²) in [5.41, 5.74) is 0.918. The average Bonchev–Trinajstić information content (AvgIpc) is 1.99. The van der Waals surface area contributed by atoms with E-state index in [1.54, 1.807) is 13.0 Å². The predicted molar refractivity (Wildman–Crippen MR) is 42.1 cm³/mol. The summed E-state index contributed by atoms with van der Waals surface area (Å²) in [4.78, 5) is 0. The van der Waals surface area contributed by atoms with Crippen LogP contribution in [-0.4, -0.2) is 5.11 Å². The van der Waals surface area contributed by atoms with Crippen LogP contribution in [0.4, 0.5) is 4.39 Å². The minimum absolute atomic E-state index is 0.184. The van der Waals surface area contributed by atoms with Crippen molar-refractivity contribution in [3.63, 3.8) is 0 Å². The lowest BCUT2D eigenvalue weighted by Crippen LogP contribution is -1.89. The van der Waals surface area contributed by atoms with E-state index in [4.69, 9.17) is 16.7 Å². The number of hydrogen-bond donors (Lipinski definition) is 1. The zero-order chi connectivity index (χ0) is 8.43. The van der Waals surface area contributed by atoms with E-state index in [-0.39, 0.29) is 12.4 Å². The molecule has 0 bridgehead atoms. The highest BCUT2D eigenvalue weighted by Crippen LogP contribution is 2.20. The van der Waals surface area contributed by atoms with Gasteiger partial charge in [-0.2, -0.15) is 0 Å². The Morgan fingerprint density at radius 1 is 1.55 bits per heavy atom. The number of halogens is 2. The van der Waals surface area contributed by atoms with Gasteiger partial charge >= 0.3 is 0 Å². The quantitative estimate of drug-likeness (QED) is 0.693. The first-order chi connectivity index (χ1) is 5.15. The van der Waals surface area contributed by atoms with Crippen molar-refractivity contribution in [2.24, 2.45) is 0 Å². The first-order valence-corrected chi connectivity index (χ1v) is 3.58. The first kappa shape index (κ1) is 8.50. The summed E-state index contributed by atoms with van der Waals surface area (Å²) < 4.78 is 12.8. The average molecular weight is 175 g/mol. The molecule has 0 aliphatic rings. The van der Waals surface area contributed by atoms with Gasteiger partial charge in [0.25, 0.3) is 0 Å². The van der Waals surface area contributed by atoms with Gasteiger partial charge in [-0.25, -0.2) is 4.39 Å². The van der Waals surface area contributed by atoms with Gasteiger partial charge in [-0.15, -0.1) is 0 Å². The van der Waals surface area contributed by atoms with Gasteiger partial charge in [-0.1, -0.05) is 11.6 Å². The zero-order valence-electron chi connectivity index (χ0n) is 6.06. The molecular weight excluding hydrogens is 167 g/mol. The summed E-state index contributed by atoms with van der Waals surface area (Å²) in [6, 6.07) is 2.83. The van der Waals surface area contributed by atoms with Gasteiger partial charge in [-0.05, 0) is 24.6 Å². The summed E-state index contributed by atoms with van der Waals surface area (Å²) in [6.07, 6.45) is 0. The molecule has 0 unspecified atom stereocenters. The second-order valence-corrected chi connectivity index (χ2v) is 2.75. The Bertz CT molecular complexity index is 250. The zero-order valence-corrected chi connectivity index (χ0v) is 6.82. The molecule has 0 heterocycles. The number of aliphatic hydroxyl groups is 1. The topological polar surface area (TPSA) is 20.2 Å². The van der Waals surface area contributed by atoms with Crippen LogP contribution in [0.15, 0.2) is 12.1 Å². The smallest absolute Gasteiger partial charge is 0.127 e. The Morgan fingerprint density at radius 2 is 2.18 bits per heavy atom. The standard InChI is InChI=1S/C8H8ClFO/c1-5-7(9)2-6(4-11)3-8(5)10/h2-3,11H,4H2,1H3. The van der Waals surface area contributed by atoms with E-state index >= 15 is 0 Å². The summed E-state index contributed by atoms with van der Waals surface area (Å²) in [7, 11) is 0. The van der Waals surface area contributed by atoms with E-state index in [1.165, 1.54) is 6.07 Å². The predicted octanol–water partition coefficient (Wildman–Crippen LogP) is 2.28. The third-order valence-corrected chi connectivity index (χ3v) is 1.92. The van der Waals surface area contributed by atoms with Gasteiger partial charge in [0.05, 0.1) is 6.61 Å². The highest BCUT2D eigenvalue weighted by molar-refractivity contribution is 6.31. The van der Waals surface area contributed by atoms with Gasteiger partial charge in [0, 0.05) is 10.6 Å². The van der Waals surface area contributed by atoms with Gasteiger partial charge in [0.2, 0.25) is 0 Å². The maximum atomic E-state index is 12.8. The van der Waals surface area contributed by atoms with Crippen LogP contribution in [-0.2, 0) is 6.61 Å². The minimum atomic E-state index is -0.374. The molecule has 0 fully saturated rings. The lowest BCUT2D eigenvalue weighted by atomic mass is 10.1. The summed E-state index contributed by atoms with van der Waals surface area (Å²) in [5, 5.41) is 9.01. The fourth-order valence-corrected chi connectivity index (χ4v) is 1.02. The molecule has 1 aromatic carbocycles. The number of rotatable bonds is 1. The van der Waals surface area contributed by atoms with Crippen molar-refractivity contribution < 1.29 is 9.50 Å². The van der Waals surface area contributed by atoms with Gasteiger partial charge < -0.3 is 5.11 Å². The molecule has 1 aromatic rings. The Morgan fingerprint density at radius 3 is 2.64 bits per heavy atom. The molecule has 1 nitrogen and oxygen atoms in total. The van der Waals surface area contributed by atoms with E-state index in [9.17, 15) is 4.39 Å². The highest BCUT2D eigenvalue weighted by Gasteiger charge is 2.03. The normalized spacial score (nSPS) is 10.2. The Labute approximate surface area is 69.4 Å². The molecule has 60 valence electrons. The molecule has 1 rings (SSSR count). The third-order valence-electron chi connectivity index (χ3n) is 1.52. The van der Waals surface area contributed by atoms with Crippen LogP contribution in [0.25, 0.3) is 0 Å². The minimum Gasteiger partial charge on any atom is -0.392 e. The Balaban J connectivity index is 3.21. The molecule has 0 saturated heterocycles. The Kier molecular flexibility index (Phi) is 2.47. The second-order valence-electron chi connectivity index (χ2n) is 2.34. The van der Waals surface area contributed by atoms with Gasteiger partial charge in [-0.3, -0.25) is 0 Å². The van der Waals surface area contributed by atoms with Crippen LogP contribution >= 0.6 is 11.6 Å². The van der Waals surface area contributed by atoms with E-state index in [2.05, 4.69) is 0 Å². The molecule has 0 saturated carbocycles. The van der Waals surface area contributed by atoms with E-state index in [0.717, 1.165) is 0 Å². The fraction of sp³-hybridized carbons (Fsp3) is 0.250. The molecule has 1 N–H and O–H groups in total. The molecule has 0 spiro atoms. The molecular formula is C8H8ClFO. The molecule has 0 atom stereocenters. The highest BCUT2D eigenvalue weighted by atomic mass is 35.5. The van der Waals surface area contributed by atoms with E-state index in [1.807, 2.05) is 0 Å². The maximum Gasteiger partial charge on any atom is 0.127 e. The van der Waals surface area contributed by atoms with Crippen molar-refractivity contribution in [2.45, 2.75) is 13.5 Å². The monoisotopic (exact) mass is 174 g/mol. The molecule has 0 radical (unpaired) electrons. The largest absolute Gasteiger partial charge is 0.392 e. The maximum absolute atomic E-state index is 12.8. The van der Waals surface area contributed by atoms with Crippen molar-refractivity contribution in [1.29, 1.82) is 0 Å². The SMILES string of the molecule is Cc1c(F)cc(CO)cc1Cl. The van der Waals surface area contributed by atoms with Crippen molar-refractivity contribution in [3.8, 4) is 0 Å². The van der Waals surface area contributed by atoms with Crippen LogP contribution in [0.5, 0.6) is 0 Å². The second kappa shape index (κ2) is 3.20. The number of benzene rings is 1. The van der Waals surface area contributed by atoms with Crippen molar-refractivity contribution in [3.05, 3.63) is 34.1 Å². The summed E-state index contributed by atoms with van der Waals surface area (Å²) >= 11 is 5.65. The lowest BCUT2D eigenvalue weighted by Gasteiger charge is -2.01. The van der Waals surface area contributed by atoms with E-state index < -0.39 is 0 Å². The summed E-state index contributed by atoms with van der Waals surface area (Å²) in [6.45, 7) is 1.41. The van der Waals surface area contributed by atoms with Crippen LogP contribution in [0.2, 0.25) is 5.02 Å². The van der Waals surface area contributed by atoms with Crippen LogP contribution in [0.1, 0.15) is 11.1 Å². The van der Waals surface area contributed by atoms with Crippen LogP contribution < -0.4 is 0 Å². The van der Waals surface area contributed by atoms with Crippen molar-refractivity contribution in [2.75, 3.05) is 0 Å². The molecule has 0 aromatic heterocycles. The molecule has 0 aliphatic heterocycles. The molecule has 0 amide bonds. The van der Waals surface area contributed by atoms with Crippen molar-refractivity contribution in [1.82, 2.24) is 0 Å². The van der Waals surface area contributed by atoms with Crippen molar-refractivity contribution >= 4 is 11.6 Å². The first-order valence-electron chi connectivity index (χ1n) is 3.20. The number of aliphatic hydroxyl groups excluding tert-OH is 1. The third kappa shape index (κ3) is 1.70. The van der Waals surface area contributed by atoms with Crippen LogP contribution in [0.3, 0.4) is 0 Å². The van der Waals surface area contributed by atoms with Gasteiger partial charge in [0.15, 0.2) is 0 Å². The summed E-state index contributed by atoms with van der Waals surface area (Å²) in [5.74, 6) is -0.374. The molecule has 0 aliphatic carbocycles. The Hall–Kier alpha value is -0.600. The fourth-order valence-electron chi connectivity index (χ4n) is 0.789.